The molecular formula is C17H14N2O4S2. The molecule has 0 radical (unpaired) electrons. The zero-order valence-electron chi connectivity index (χ0n) is 13.0. The fraction of sp³-hybridized carbons (Fsp3) is 0.118. The molecule has 0 bridgehead atoms. The second-order valence-corrected chi connectivity index (χ2v) is 8.44. The summed E-state index contributed by atoms with van der Waals surface area (Å²) in [6.45, 7) is 0. The number of nitro groups is 1. The highest BCUT2D eigenvalue weighted by Gasteiger charge is 2.19. The first-order valence-electron chi connectivity index (χ1n) is 7.42. The van der Waals surface area contributed by atoms with E-state index in [4.69, 9.17) is 0 Å². The summed E-state index contributed by atoms with van der Waals surface area (Å²) in [7, 11) is -3.42. The molecular weight excluding hydrogens is 360 g/mol. The zero-order valence-corrected chi connectivity index (χ0v) is 14.7. The van der Waals surface area contributed by atoms with E-state index in [1.54, 1.807) is 42.5 Å². The van der Waals surface area contributed by atoms with E-state index in [0.29, 0.717) is 10.9 Å². The largest absolute Gasteiger partial charge is 0.302 e. The lowest BCUT2D eigenvalue weighted by Crippen LogP contribution is -2.09. The minimum Gasteiger partial charge on any atom is -0.258 e. The van der Waals surface area contributed by atoms with Crippen molar-refractivity contribution in [2.75, 3.05) is 11.5 Å². The molecule has 0 saturated carbocycles. The summed E-state index contributed by atoms with van der Waals surface area (Å²) in [4.78, 5) is 15.4. The molecule has 128 valence electrons. The van der Waals surface area contributed by atoms with Crippen LogP contribution >= 0.6 is 11.8 Å². The summed E-state index contributed by atoms with van der Waals surface area (Å²) in [5.41, 5.74) is 0.530. The molecule has 0 aliphatic heterocycles. The quantitative estimate of drug-likeness (QED) is 0.371. The van der Waals surface area contributed by atoms with Gasteiger partial charge in [0.05, 0.1) is 21.1 Å². The molecule has 25 heavy (non-hydrogen) atoms. The van der Waals surface area contributed by atoms with Crippen LogP contribution in [0.5, 0.6) is 0 Å². The van der Waals surface area contributed by atoms with Crippen LogP contribution < -0.4 is 0 Å². The number of hydrogen-bond donors (Lipinski definition) is 0. The van der Waals surface area contributed by atoms with E-state index in [1.165, 1.54) is 18.2 Å². The lowest BCUT2D eigenvalue weighted by molar-refractivity contribution is -0.388. The van der Waals surface area contributed by atoms with Gasteiger partial charge in [0.15, 0.2) is 14.9 Å². The summed E-state index contributed by atoms with van der Waals surface area (Å²) in [5.74, 6) is 0.0662. The van der Waals surface area contributed by atoms with Gasteiger partial charge in [0.2, 0.25) is 0 Å². The van der Waals surface area contributed by atoms with Crippen LogP contribution in [-0.2, 0) is 9.84 Å². The zero-order chi connectivity index (χ0) is 17.9. The minimum atomic E-state index is -3.42. The van der Waals surface area contributed by atoms with E-state index in [-0.39, 0.29) is 27.1 Å². The van der Waals surface area contributed by atoms with Gasteiger partial charge >= 0.3 is 5.69 Å². The maximum atomic E-state index is 12.3. The Kier molecular flexibility index (Phi) is 5.00. The van der Waals surface area contributed by atoms with Gasteiger partial charge in [-0.05, 0) is 18.2 Å². The summed E-state index contributed by atoms with van der Waals surface area (Å²) in [6.07, 6.45) is 0. The van der Waals surface area contributed by atoms with Crippen LogP contribution in [0.2, 0.25) is 0 Å². The van der Waals surface area contributed by atoms with Crippen molar-refractivity contribution in [3.05, 3.63) is 70.8 Å². The van der Waals surface area contributed by atoms with Crippen LogP contribution in [-0.4, -0.2) is 29.8 Å². The summed E-state index contributed by atoms with van der Waals surface area (Å²) < 4.78 is 24.6. The topological polar surface area (TPSA) is 90.2 Å². The molecule has 1 heterocycles. The number of hydrogen-bond acceptors (Lipinski definition) is 6. The average Bonchev–Trinajstić information content (AvgIpc) is 2.61. The first-order valence-corrected chi connectivity index (χ1v) is 10.1. The third kappa shape index (κ3) is 3.97. The standard InChI is InChI=1S/C17H14N2O4S2/c20-19(21)16-12-13-6-4-5-9-15(13)18-17(16)24-10-11-25(22,23)14-7-2-1-3-8-14/h1-9,12H,10-11H2. The summed E-state index contributed by atoms with van der Waals surface area (Å²) in [6, 6.07) is 16.7. The van der Waals surface area contributed by atoms with Crippen LogP contribution in [0.4, 0.5) is 5.69 Å². The Labute approximate surface area is 149 Å². The van der Waals surface area contributed by atoms with Gasteiger partial charge in [-0.15, -0.1) is 0 Å². The van der Waals surface area contributed by atoms with Crippen molar-refractivity contribution in [3.8, 4) is 0 Å². The molecule has 3 aromatic rings. The van der Waals surface area contributed by atoms with Crippen molar-refractivity contribution >= 4 is 38.2 Å². The predicted octanol–water partition coefficient (Wildman–Crippen LogP) is 3.71. The first-order chi connectivity index (χ1) is 12.0. The molecule has 0 unspecified atom stereocenters. The van der Waals surface area contributed by atoms with Crippen molar-refractivity contribution in [2.24, 2.45) is 0 Å². The molecule has 0 aliphatic rings. The van der Waals surface area contributed by atoms with Crippen LogP contribution in [0.25, 0.3) is 10.9 Å². The van der Waals surface area contributed by atoms with Gasteiger partial charge in [0, 0.05) is 17.2 Å². The Balaban J connectivity index is 1.81. The fourth-order valence-electron chi connectivity index (χ4n) is 2.32. The molecule has 1 aromatic heterocycles. The number of para-hydroxylation sites is 1. The van der Waals surface area contributed by atoms with Gasteiger partial charge in [-0.1, -0.05) is 48.2 Å². The van der Waals surface area contributed by atoms with Crippen molar-refractivity contribution in [1.29, 1.82) is 0 Å². The Hall–Kier alpha value is -2.45. The molecule has 0 aliphatic carbocycles. The van der Waals surface area contributed by atoms with Crippen molar-refractivity contribution in [1.82, 2.24) is 4.98 Å². The highest BCUT2D eigenvalue weighted by atomic mass is 32.2. The van der Waals surface area contributed by atoms with Crippen LogP contribution in [0.15, 0.2) is 70.6 Å². The second kappa shape index (κ2) is 7.20. The number of nitrogens with zero attached hydrogens (tertiary/aromatic N) is 2. The lowest BCUT2D eigenvalue weighted by atomic mass is 10.2. The molecule has 0 spiro atoms. The van der Waals surface area contributed by atoms with Gasteiger partial charge in [-0.3, -0.25) is 10.1 Å². The van der Waals surface area contributed by atoms with E-state index in [1.807, 2.05) is 0 Å². The summed E-state index contributed by atoms with van der Waals surface area (Å²) in [5, 5.41) is 12.2. The highest BCUT2D eigenvalue weighted by molar-refractivity contribution is 8.00. The van der Waals surface area contributed by atoms with Gasteiger partial charge in [-0.2, -0.15) is 0 Å². The van der Waals surface area contributed by atoms with E-state index in [9.17, 15) is 18.5 Å². The van der Waals surface area contributed by atoms with Gasteiger partial charge in [0.1, 0.15) is 0 Å². The number of aromatic nitrogens is 1. The third-order valence-corrected chi connectivity index (χ3v) is 6.53. The number of thioether (sulfide) groups is 1. The fourth-order valence-corrected chi connectivity index (χ4v) is 4.97. The highest BCUT2D eigenvalue weighted by Crippen LogP contribution is 2.31. The predicted molar refractivity (Wildman–Crippen MR) is 97.6 cm³/mol. The van der Waals surface area contributed by atoms with Crippen molar-refractivity contribution < 1.29 is 13.3 Å². The Morgan fingerprint density at radius 3 is 2.44 bits per heavy atom. The van der Waals surface area contributed by atoms with Gasteiger partial charge in [0.25, 0.3) is 0 Å². The molecule has 0 N–H and O–H groups in total. The smallest absolute Gasteiger partial charge is 0.258 e. The van der Waals surface area contributed by atoms with Crippen molar-refractivity contribution in [2.45, 2.75) is 9.92 Å². The molecule has 0 atom stereocenters. The normalized spacial score (nSPS) is 11.5. The molecule has 6 nitrogen and oxygen atoms in total. The van der Waals surface area contributed by atoms with Gasteiger partial charge in [-0.25, -0.2) is 13.4 Å². The van der Waals surface area contributed by atoms with E-state index >= 15 is 0 Å². The third-order valence-electron chi connectivity index (χ3n) is 3.56. The molecule has 0 amide bonds. The number of fused-ring (bicyclic) bond motifs is 1. The SMILES string of the molecule is O=[N+]([O-])c1cc2ccccc2nc1SCCS(=O)(=O)c1ccccc1. The molecule has 2 aromatic carbocycles. The number of rotatable bonds is 6. The molecule has 3 rings (SSSR count). The van der Waals surface area contributed by atoms with Crippen LogP contribution in [0, 0.1) is 10.1 Å². The van der Waals surface area contributed by atoms with Gasteiger partial charge < -0.3 is 0 Å². The number of sulfone groups is 1. The van der Waals surface area contributed by atoms with E-state index in [2.05, 4.69) is 4.98 Å². The minimum absolute atomic E-state index is 0.110. The molecule has 0 saturated heterocycles. The lowest BCUT2D eigenvalue weighted by Gasteiger charge is -2.06. The monoisotopic (exact) mass is 374 g/mol. The second-order valence-electron chi connectivity index (χ2n) is 5.24. The maximum absolute atomic E-state index is 12.3. The van der Waals surface area contributed by atoms with E-state index < -0.39 is 14.8 Å². The average molecular weight is 374 g/mol. The van der Waals surface area contributed by atoms with E-state index in [0.717, 1.165) is 11.8 Å². The van der Waals surface area contributed by atoms with Crippen LogP contribution in [0.3, 0.4) is 0 Å². The maximum Gasteiger partial charge on any atom is 0.302 e. The number of pyridine rings is 1. The molecule has 0 fully saturated rings. The Morgan fingerprint density at radius 1 is 1.04 bits per heavy atom. The summed E-state index contributed by atoms with van der Waals surface area (Å²) >= 11 is 1.08. The Morgan fingerprint density at radius 2 is 1.72 bits per heavy atom. The van der Waals surface area contributed by atoms with Crippen LogP contribution in [0.1, 0.15) is 0 Å². The Bertz CT molecular complexity index is 1020. The van der Waals surface area contributed by atoms with Crippen molar-refractivity contribution in [3.63, 3.8) is 0 Å². The number of benzene rings is 2. The molecule has 8 heteroatoms. The first kappa shape index (κ1) is 17.4.